The van der Waals surface area contributed by atoms with E-state index in [1.165, 1.54) is 13.8 Å². The molecular formula is C14H16F2N2O7. The number of nitrogens with zero attached hydrogens (tertiary/aromatic N) is 1. The number of nitrogens with one attached hydrogen (secondary N) is 1. The van der Waals surface area contributed by atoms with E-state index in [9.17, 15) is 28.5 Å². The van der Waals surface area contributed by atoms with Gasteiger partial charge in [0.2, 0.25) is 0 Å². The molecule has 1 amide bonds. The zero-order valence-electron chi connectivity index (χ0n) is 13.5. The van der Waals surface area contributed by atoms with Crippen molar-refractivity contribution in [3.63, 3.8) is 0 Å². The Morgan fingerprint density at radius 1 is 1.36 bits per heavy atom. The van der Waals surface area contributed by atoms with Crippen LogP contribution in [0.15, 0.2) is 12.1 Å². The lowest BCUT2D eigenvalue weighted by atomic mass is 9.94. The Kier molecular flexibility index (Phi) is 6.20. The molecule has 0 atom stereocenters. The predicted octanol–water partition coefficient (Wildman–Crippen LogP) is 2.05. The van der Waals surface area contributed by atoms with E-state index in [0.717, 1.165) is 13.2 Å². The monoisotopic (exact) mass is 362 g/mol. The second-order valence-electron chi connectivity index (χ2n) is 5.53. The highest BCUT2D eigenvalue weighted by Crippen LogP contribution is 2.35. The Balaban J connectivity index is 3.22. The fraction of sp³-hybridized carbons (Fsp3) is 0.429. The maximum Gasteiger partial charge on any atom is 0.387 e. The van der Waals surface area contributed by atoms with E-state index in [4.69, 9.17) is 9.84 Å². The molecule has 0 heterocycles. The highest BCUT2D eigenvalue weighted by Gasteiger charge is 2.30. The number of carboxylic acid groups (broad SMARTS) is 1. The van der Waals surface area contributed by atoms with Gasteiger partial charge < -0.3 is 19.9 Å². The van der Waals surface area contributed by atoms with Gasteiger partial charge in [-0.25, -0.2) is 0 Å². The minimum atomic E-state index is -3.25. The van der Waals surface area contributed by atoms with Crippen LogP contribution in [0, 0.1) is 15.5 Å². The van der Waals surface area contributed by atoms with E-state index in [0.29, 0.717) is 6.07 Å². The standard InChI is InChI=1S/C14H16F2N2O7/c1-14(2,12(20)21)6-17-11(19)7-4-9(24-3)10(25-13(15)16)5-8(7)18(22)23/h4-5,13H,6H2,1-3H3,(H,17,19)(H,20,21). The lowest BCUT2D eigenvalue weighted by molar-refractivity contribution is -0.385. The summed E-state index contributed by atoms with van der Waals surface area (Å²) < 4.78 is 33.7. The molecule has 0 radical (unpaired) electrons. The van der Waals surface area contributed by atoms with E-state index in [1.807, 2.05) is 0 Å². The van der Waals surface area contributed by atoms with Gasteiger partial charge in [-0.3, -0.25) is 19.7 Å². The summed E-state index contributed by atoms with van der Waals surface area (Å²) >= 11 is 0. The Hall–Kier alpha value is -2.98. The van der Waals surface area contributed by atoms with Crippen molar-refractivity contribution in [1.82, 2.24) is 5.32 Å². The highest BCUT2D eigenvalue weighted by molar-refractivity contribution is 5.99. The molecule has 0 fully saturated rings. The molecule has 0 saturated carbocycles. The molecule has 0 spiro atoms. The number of carbonyl (C=O) groups is 2. The molecule has 0 aromatic heterocycles. The van der Waals surface area contributed by atoms with Crippen LogP contribution in [0.5, 0.6) is 11.5 Å². The van der Waals surface area contributed by atoms with Crippen LogP contribution in [0.3, 0.4) is 0 Å². The molecule has 11 heteroatoms. The van der Waals surface area contributed by atoms with Crippen LogP contribution in [0.2, 0.25) is 0 Å². The Bertz CT molecular complexity index is 692. The van der Waals surface area contributed by atoms with E-state index in [1.54, 1.807) is 0 Å². The van der Waals surface area contributed by atoms with Crippen LogP contribution < -0.4 is 14.8 Å². The molecule has 1 aromatic rings. The summed E-state index contributed by atoms with van der Waals surface area (Å²) in [6.07, 6.45) is 0. The van der Waals surface area contributed by atoms with E-state index in [-0.39, 0.29) is 12.3 Å². The van der Waals surface area contributed by atoms with Crippen molar-refractivity contribution in [3.05, 3.63) is 27.8 Å². The van der Waals surface area contributed by atoms with E-state index < -0.39 is 45.8 Å². The van der Waals surface area contributed by atoms with Crippen LogP contribution in [-0.2, 0) is 4.79 Å². The van der Waals surface area contributed by atoms with Crippen LogP contribution in [0.4, 0.5) is 14.5 Å². The molecule has 0 aliphatic carbocycles. The second kappa shape index (κ2) is 7.73. The lowest BCUT2D eigenvalue weighted by Gasteiger charge is -2.19. The molecular weight excluding hydrogens is 346 g/mol. The number of rotatable bonds is 8. The van der Waals surface area contributed by atoms with Gasteiger partial charge >= 0.3 is 12.6 Å². The van der Waals surface area contributed by atoms with E-state index >= 15 is 0 Å². The van der Waals surface area contributed by atoms with Gasteiger partial charge in [-0.1, -0.05) is 0 Å². The zero-order chi connectivity index (χ0) is 19.4. The first-order chi connectivity index (χ1) is 11.5. The first kappa shape index (κ1) is 20.1. The zero-order valence-corrected chi connectivity index (χ0v) is 13.5. The highest BCUT2D eigenvalue weighted by atomic mass is 19.3. The smallest absolute Gasteiger partial charge is 0.387 e. The normalized spacial score (nSPS) is 11.1. The summed E-state index contributed by atoms with van der Waals surface area (Å²) in [4.78, 5) is 33.4. The lowest BCUT2D eigenvalue weighted by Crippen LogP contribution is -2.39. The van der Waals surface area contributed by atoms with Crippen LogP contribution in [-0.4, -0.2) is 42.2 Å². The van der Waals surface area contributed by atoms with Gasteiger partial charge in [-0.15, -0.1) is 0 Å². The topological polar surface area (TPSA) is 128 Å². The summed E-state index contributed by atoms with van der Waals surface area (Å²) in [6, 6.07) is 1.52. The number of methoxy groups -OCH3 is 1. The number of hydrogen-bond donors (Lipinski definition) is 2. The van der Waals surface area contributed by atoms with Gasteiger partial charge in [0.25, 0.3) is 11.6 Å². The largest absolute Gasteiger partial charge is 0.493 e. The minimum absolute atomic E-state index is 0.310. The molecule has 0 bridgehead atoms. The SMILES string of the molecule is COc1cc(C(=O)NCC(C)(C)C(=O)O)c([N+](=O)[O-])cc1OC(F)F. The van der Waals surface area contributed by atoms with Gasteiger partial charge in [0.1, 0.15) is 5.56 Å². The number of hydrogen-bond acceptors (Lipinski definition) is 6. The average molecular weight is 362 g/mol. The van der Waals surface area contributed by atoms with Crippen molar-refractivity contribution in [2.24, 2.45) is 5.41 Å². The van der Waals surface area contributed by atoms with Crippen LogP contribution in [0.25, 0.3) is 0 Å². The minimum Gasteiger partial charge on any atom is -0.493 e. The number of carboxylic acids is 1. The third-order valence-corrected chi connectivity index (χ3v) is 3.21. The molecule has 2 N–H and O–H groups in total. The first-order valence-corrected chi connectivity index (χ1v) is 6.82. The maximum atomic E-state index is 12.4. The number of carbonyl (C=O) groups excluding carboxylic acids is 1. The Morgan fingerprint density at radius 2 is 1.96 bits per heavy atom. The number of ether oxygens (including phenoxy) is 2. The van der Waals surface area contributed by atoms with Crippen molar-refractivity contribution in [2.75, 3.05) is 13.7 Å². The third kappa shape index (κ3) is 4.99. The predicted molar refractivity (Wildman–Crippen MR) is 80.0 cm³/mol. The summed E-state index contributed by atoms with van der Waals surface area (Å²) in [5, 5.41) is 22.4. The van der Waals surface area contributed by atoms with Crippen molar-refractivity contribution in [3.8, 4) is 11.5 Å². The van der Waals surface area contributed by atoms with Gasteiger partial charge in [0.05, 0.1) is 23.5 Å². The summed E-state index contributed by atoms with van der Waals surface area (Å²) in [5.41, 5.74) is -2.58. The number of benzene rings is 1. The van der Waals surface area contributed by atoms with Gasteiger partial charge in [-0.2, -0.15) is 8.78 Å². The summed E-state index contributed by atoms with van der Waals surface area (Å²) in [7, 11) is 1.11. The van der Waals surface area contributed by atoms with Gasteiger partial charge in [-0.05, 0) is 13.8 Å². The van der Waals surface area contributed by atoms with Crippen molar-refractivity contribution in [1.29, 1.82) is 0 Å². The number of aliphatic carboxylic acids is 1. The van der Waals surface area contributed by atoms with Crippen molar-refractivity contribution < 1.29 is 37.9 Å². The molecule has 138 valence electrons. The summed E-state index contributed by atoms with van der Waals surface area (Å²) in [6.45, 7) is -0.853. The molecule has 25 heavy (non-hydrogen) atoms. The summed E-state index contributed by atoms with van der Waals surface area (Å²) in [5.74, 6) is -3.05. The average Bonchev–Trinajstić information content (AvgIpc) is 2.51. The van der Waals surface area contributed by atoms with Crippen LogP contribution >= 0.6 is 0 Å². The van der Waals surface area contributed by atoms with Crippen molar-refractivity contribution in [2.45, 2.75) is 20.5 Å². The van der Waals surface area contributed by atoms with Gasteiger partial charge in [0.15, 0.2) is 11.5 Å². The first-order valence-electron chi connectivity index (χ1n) is 6.82. The molecule has 9 nitrogen and oxygen atoms in total. The molecule has 0 saturated heterocycles. The number of alkyl halides is 2. The molecule has 1 rings (SSSR count). The van der Waals surface area contributed by atoms with Crippen LogP contribution in [0.1, 0.15) is 24.2 Å². The fourth-order valence-corrected chi connectivity index (χ4v) is 1.70. The quantitative estimate of drug-likeness (QED) is 0.535. The fourth-order valence-electron chi connectivity index (χ4n) is 1.70. The molecule has 0 unspecified atom stereocenters. The van der Waals surface area contributed by atoms with E-state index in [2.05, 4.69) is 10.1 Å². The van der Waals surface area contributed by atoms with Crippen molar-refractivity contribution >= 4 is 17.6 Å². The number of amides is 1. The molecule has 0 aliphatic rings. The number of halogens is 2. The maximum absolute atomic E-state index is 12.4. The Labute approximate surface area is 140 Å². The van der Waals surface area contributed by atoms with Gasteiger partial charge in [0, 0.05) is 12.6 Å². The Morgan fingerprint density at radius 3 is 2.40 bits per heavy atom. The number of nitro groups is 1. The molecule has 1 aromatic carbocycles. The molecule has 0 aliphatic heterocycles. The second-order valence-corrected chi connectivity index (χ2v) is 5.53. The number of nitro benzene ring substituents is 1. The third-order valence-electron chi connectivity index (χ3n) is 3.21.